The summed E-state index contributed by atoms with van der Waals surface area (Å²) >= 11 is 0. The number of hydrogen-bond donors (Lipinski definition) is 0. The number of benzene rings is 2. The van der Waals surface area contributed by atoms with Crippen molar-refractivity contribution in [3.63, 3.8) is 0 Å². The molecule has 0 radical (unpaired) electrons. The minimum Gasteiger partial charge on any atom is -0.430 e. The highest BCUT2D eigenvalue weighted by Crippen LogP contribution is 2.26. The number of carbonyl (C=O) groups excluding carboxylic acids is 1. The van der Waals surface area contributed by atoms with E-state index in [0.717, 1.165) is 24.1 Å². The van der Waals surface area contributed by atoms with Crippen LogP contribution in [0.4, 0.5) is 4.79 Å². The first-order valence-corrected chi connectivity index (χ1v) is 10.4. The number of carbonyl (C=O) groups is 1. The van der Waals surface area contributed by atoms with Gasteiger partial charge < -0.3 is 9.47 Å². The maximum Gasteiger partial charge on any atom is 0.515 e. The largest absolute Gasteiger partial charge is 0.515 e. The number of ether oxygens (including phenoxy) is 2. The molecule has 0 atom stereocenters. The van der Waals surface area contributed by atoms with E-state index < -0.39 is 6.16 Å². The molecular formula is C26H28N2O3. The SMILES string of the molecule is CC(C)=CCC/C(C)=C/COC(=O)Oc1cc(-c2ccccc2)nn1-c1ccccc1. The van der Waals surface area contributed by atoms with Crippen LogP contribution in [0.5, 0.6) is 5.88 Å². The average Bonchev–Trinajstić information content (AvgIpc) is 3.18. The molecule has 5 nitrogen and oxygen atoms in total. The summed E-state index contributed by atoms with van der Waals surface area (Å²) < 4.78 is 12.4. The normalized spacial score (nSPS) is 11.1. The first-order chi connectivity index (χ1) is 15.0. The lowest BCUT2D eigenvalue weighted by molar-refractivity contribution is 0.107. The van der Waals surface area contributed by atoms with Gasteiger partial charge in [0.25, 0.3) is 0 Å². The van der Waals surface area contributed by atoms with E-state index in [1.807, 2.05) is 73.7 Å². The first kappa shape index (κ1) is 22.1. The maximum atomic E-state index is 12.3. The summed E-state index contributed by atoms with van der Waals surface area (Å²) in [6.45, 7) is 6.37. The predicted molar refractivity (Wildman–Crippen MR) is 123 cm³/mol. The predicted octanol–water partition coefficient (Wildman–Crippen LogP) is 6.75. The molecule has 3 aromatic rings. The maximum absolute atomic E-state index is 12.3. The van der Waals surface area contributed by atoms with E-state index in [9.17, 15) is 4.79 Å². The van der Waals surface area contributed by atoms with Gasteiger partial charge >= 0.3 is 6.16 Å². The van der Waals surface area contributed by atoms with Crippen molar-refractivity contribution >= 4 is 6.16 Å². The fraction of sp³-hybridized carbons (Fsp3) is 0.231. The molecule has 2 aromatic carbocycles. The van der Waals surface area contributed by atoms with E-state index in [-0.39, 0.29) is 6.61 Å². The van der Waals surface area contributed by atoms with E-state index in [1.165, 1.54) is 11.1 Å². The average molecular weight is 417 g/mol. The van der Waals surface area contributed by atoms with Crippen molar-refractivity contribution in [2.75, 3.05) is 6.61 Å². The zero-order valence-corrected chi connectivity index (χ0v) is 18.2. The molecule has 0 aliphatic rings. The van der Waals surface area contributed by atoms with Crippen LogP contribution in [0.15, 0.2) is 90.0 Å². The van der Waals surface area contributed by atoms with Crippen molar-refractivity contribution in [3.8, 4) is 22.8 Å². The molecule has 0 N–H and O–H groups in total. The summed E-state index contributed by atoms with van der Waals surface area (Å²) in [7, 11) is 0. The van der Waals surface area contributed by atoms with Gasteiger partial charge in [-0.2, -0.15) is 9.78 Å². The second kappa shape index (κ2) is 11.0. The second-order valence-electron chi connectivity index (χ2n) is 7.51. The van der Waals surface area contributed by atoms with Gasteiger partial charge in [0.2, 0.25) is 5.88 Å². The fourth-order valence-corrected chi connectivity index (χ4v) is 3.00. The van der Waals surface area contributed by atoms with E-state index in [0.29, 0.717) is 11.6 Å². The van der Waals surface area contributed by atoms with Crippen LogP contribution in [-0.2, 0) is 4.74 Å². The topological polar surface area (TPSA) is 53.4 Å². The Morgan fingerprint density at radius 2 is 1.65 bits per heavy atom. The van der Waals surface area contributed by atoms with Crippen LogP contribution < -0.4 is 4.74 Å². The molecule has 0 saturated heterocycles. The van der Waals surface area contributed by atoms with Crippen molar-refractivity contribution in [2.24, 2.45) is 0 Å². The number of rotatable bonds is 8. The molecule has 31 heavy (non-hydrogen) atoms. The molecule has 0 aliphatic heterocycles. The zero-order valence-electron chi connectivity index (χ0n) is 18.2. The first-order valence-electron chi connectivity index (χ1n) is 10.4. The Balaban J connectivity index is 1.69. The number of para-hydroxylation sites is 1. The third-order valence-electron chi connectivity index (χ3n) is 4.66. The van der Waals surface area contributed by atoms with Crippen molar-refractivity contribution in [2.45, 2.75) is 33.6 Å². The number of allylic oxidation sites excluding steroid dienone is 3. The van der Waals surface area contributed by atoms with Crippen LogP contribution in [-0.4, -0.2) is 22.5 Å². The van der Waals surface area contributed by atoms with Crippen molar-refractivity contribution in [1.82, 2.24) is 9.78 Å². The molecule has 5 heteroatoms. The van der Waals surface area contributed by atoms with E-state index >= 15 is 0 Å². The lowest BCUT2D eigenvalue weighted by atomic mass is 10.1. The summed E-state index contributed by atoms with van der Waals surface area (Å²) in [6.07, 6.45) is 5.26. The van der Waals surface area contributed by atoms with Crippen molar-refractivity contribution in [3.05, 3.63) is 90.0 Å². The molecule has 1 aromatic heterocycles. The molecular weight excluding hydrogens is 388 g/mol. The van der Waals surface area contributed by atoms with Gasteiger partial charge in [-0.1, -0.05) is 65.8 Å². The van der Waals surface area contributed by atoms with Crippen molar-refractivity contribution < 1.29 is 14.3 Å². The molecule has 0 bridgehead atoms. The Kier molecular flexibility index (Phi) is 7.82. The smallest absolute Gasteiger partial charge is 0.430 e. The Morgan fingerprint density at radius 3 is 2.32 bits per heavy atom. The Labute approximate surface area is 183 Å². The van der Waals surface area contributed by atoms with Crippen LogP contribution in [0.1, 0.15) is 33.6 Å². The second-order valence-corrected chi connectivity index (χ2v) is 7.51. The van der Waals surface area contributed by atoms with Crippen LogP contribution in [0.3, 0.4) is 0 Å². The highest BCUT2D eigenvalue weighted by Gasteiger charge is 2.16. The van der Waals surface area contributed by atoms with Gasteiger partial charge in [-0.15, -0.1) is 0 Å². The van der Waals surface area contributed by atoms with Gasteiger partial charge in [0, 0.05) is 11.6 Å². The standard InChI is InChI=1S/C26H28N2O3/c1-20(2)11-10-12-21(3)17-18-30-26(29)31-25-19-24(22-13-6-4-7-14-22)27-28(25)23-15-8-5-9-16-23/h4-9,11,13-17,19H,10,12,18H2,1-3H3/b21-17+. The van der Waals surface area contributed by atoms with Crippen LogP contribution in [0.25, 0.3) is 16.9 Å². The molecule has 0 amide bonds. The summed E-state index contributed by atoms with van der Waals surface area (Å²) in [5.74, 6) is 0.305. The number of nitrogens with zero attached hydrogens (tertiary/aromatic N) is 2. The highest BCUT2D eigenvalue weighted by molar-refractivity contribution is 5.66. The van der Waals surface area contributed by atoms with Gasteiger partial charge in [0.15, 0.2) is 0 Å². The Hall–Kier alpha value is -3.60. The monoisotopic (exact) mass is 416 g/mol. The summed E-state index contributed by atoms with van der Waals surface area (Å²) in [4.78, 5) is 12.3. The van der Waals surface area contributed by atoms with E-state index in [4.69, 9.17) is 9.47 Å². The minimum atomic E-state index is -0.759. The minimum absolute atomic E-state index is 0.171. The summed E-state index contributed by atoms with van der Waals surface area (Å²) in [5, 5.41) is 4.63. The highest BCUT2D eigenvalue weighted by atomic mass is 16.7. The van der Waals surface area contributed by atoms with Gasteiger partial charge in [0.05, 0.1) is 11.4 Å². The third kappa shape index (κ3) is 6.71. The van der Waals surface area contributed by atoms with Gasteiger partial charge in [-0.3, -0.25) is 0 Å². The quantitative estimate of drug-likeness (QED) is 0.301. The fourth-order valence-electron chi connectivity index (χ4n) is 3.00. The summed E-state index contributed by atoms with van der Waals surface area (Å²) in [6, 6.07) is 21.0. The van der Waals surface area contributed by atoms with Gasteiger partial charge in [0.1, 0.15) is 6.61 Å². The van der Waals surface area contributed by atoms with E-state index in [1.54, 1.807) is 10.7 Å². The molecule has 3 rings (SSSR count). The van der Waals surface area contributed by atoms with Crippen LogP contribution >= 0.6 is 0 Å². The number of aromatic nitrogens is 2. The van der Waals surface area contributed by atoms with Crippen molar-refractivity contribution in [1.29, 1.82) is 0 Å². The van der Waals surface area contributed by atoms with Gasteiger partial charge in [-0.05, 0) is 51.8 Å². The third-order valence-corrected chi connectivity index (χ3v) is 4.66. The zero-order chi connectivity index (χ0) is 22.1. The summed E-state index contributed by atoms with van der Waals surface area (Å²) in [5.41, 5.74) is 4.92. The van der Waals surface area contributed by atoms with E-state index in [2.05, 4.69) is 25.0 Å². The molecule has 160 valence electrons. The van der Waals surface area contributed by atoms with Crippen LogP contribution in [0.2, 0.25) is 0 Å². The Bertz CT molecular complexity index is 1050. The molecule has 1 heterocycles. The van der Waals surface area contributed by atoms with Gasteiger partial charge in [-0.25, -0.2) is 4.79 Å². The molecule has 0 spiro atoms. The Morgan fingerprint density at radius 1 is 0.968 bits per heavy atom. The lowest BCUT2D eigenvalue weighted by Crippen LogP contribution is -2.13. The molecule has 0 saturated carbocycles. The number of hydrogen-bond acceptors (Lipinski definition) is 4. The molecule has 0 fully saturated rings. The van der Waals surface area contributed by atoms with Crippen LogP contribution in [0, 0.1) is 0 Å². The molecule has 0 unspecified atom stereocenters. The lowest BCUT2D eigenvalue weighted by Gasteiger charge is -2.07. The molecule has 0 aliphatic carbocycles.